The van der Waals surface area contributed by atoms with E-state index in [2.05, 4.69) is 36.2 Å². The van der Waals surface area contributed by atoms with Crippen molar-refractivity contribution < 1.29 is 0 Å². The van der Waals surface area contributed by atoms with Gasteiger partial charge >= 0.3 is 0 Å². The fraction of sp³-hybridized carbons (Fsp3) is 0.231. The third kappa shape index (κ3) is 2.10. The standard InChI is InChI=1S/C13H16N2/c1-10(11-5-3-2-4-6-11)13(14)12-7-8-15-9-12/h2-10,13,15H,14H2,1H3. The summed E-state index contributed by atoms with van der Waals surface area (Å²) in [5, 5.41) is 0. The number of aromatic nitrogens is 1. The summed E-state index contributed by atoms with van der Waals surface area (Å²) in [4.78, 5) is 3.04. The molecule has 0 bridgehead atoms. The summed E-state index contributed by atoms with van der Waals surface area (Å²) in [6, 6.07) is 12.5. The van der Waals surface area contributed by atoms with E-state index in [1.165, 1.54) is 5.56 Å². The van der Waals surface area contributed by atoms with Gasteiger partial charge in [-0.25, -0.2) is 0 Å². The van der Waals surface area contributed by atoms with Crippen LogP contribution in [0.15, 0.2) is 48.8 Å². The molecule has 1 aromatic carbocycles. The van der Waals surface area contributed by atoms with Crippen molar-refractivity contribution in [2.45, 2.75) is 18.9 Å². The predicted molar refractivity (Wildman–Crippen MR) is 62.6 cm³/mol. The second-order valence-corrected chi connectivity index (χ2v) is 3.87. The van der Waals surface area contributed by atoms with Crippen molar-refractivity contribution in [1.82, 2.24) is 4.98 Å². The van der Waals surface area contributed by atoms with Crippen LogP contribution in [0, 0.1) is 0 Å². The molecule has 2 rings (SSSR count). The SMILES string of the molecule is CC(c1ccccc1)C(N)c1cc[nH]c1. The number of H-pyrrole nitrogens is 1. The molecule has 0 aliphatic carbocycles. The van der Waals surface area contributed by atoms with Crippen LogP contribution in [0.5, 0.6) is 0 Å². The van der Waals surface area contributed by atoms with Crippen molar-refractivity contribution in [2.75, 3.05) is 0 Å². The summed E-state index contributed by atoms with van der Waals surface area (Å²) in [7, 11) is 0. The van der Waals surface area contributed by atoms with Gasteiger partial charge in [0.1, 0.15) is 0 Å². The molecule has 2 aromatic rings. The smallest absolute Gasteiger partial charge is 0.0376 e. The number of nitrogens with one attached hydrogen (secondary N) is 1. The summed E-state index contributed by atoms with van der Waals surface area (Å²) in [5.41, 5.74) is 8.64. The van der Waals surface area contributed by atoms with Crippen LogP contribution >= 0.6 is 0 Å². The molecule has 1 aromatic heterocycles. The van der Waals surface area contributed by atoms with Gasteiger partial charge in [-0.3, -0.25) is 0 Å². The van der Waals surface area contributed by atoms with Crippen molar-refractivity contribution in [1.29, 1.82) is 0 Å². The van der Waals surface area contributed by atoms with Gasteiger partial charge in [-0.2, -0.15) is 0 Å². The molecule has 3 N–H and O–H groups in total. The Hall–Kier alpha value is -1.54. The summed E-state index contributed by atoms with van der Waals surface area (Å²) < 4.78 is 0. The topological polar surface area (TPSA) is 41.8 Å². The first-order chi connectivity index (χ1) is 7.29. The molecule has 2 nitrogen and oxygen atoms in total. The Balaban J connectivity index is 2.18. The normalized spacial score (nSPS) is 14.8. The van der Waals surface area contributed by atoms with Crippen LogP contribution in [-0.4, -0.2) is 4.98 Å². The highest BCUT2D eigenvalue weighted by Gasteiger charge is 2.16. The maximum absolute atomic E-state index is 6.19. The first kappa shape index (κ1) is 9.99. The highest BCUT2D eigenvalue weighted by molar-refractivity contribution is 5.25. The first-order valence-electron chi connectivity index (χ1n) is 5.22. The third-order valence-electron chi connectivity index (χ3n) is 2.87. The van der Waals surface area contributed by atoms with Crippen LogP contribution in [0.25, 0.3) is 0 Å². The van der Waals surface area contributed by atoms with Crippen LogP contribution in [0.2, 0.25) is 0 Å². The van der Waals surface area contributed by atoms with Gasteiger partial charge in [0.15, 0.2) is 0 Å². The van der Waals surface area contributed by atoms with Gasteiger partial charge in [0.2, 0.25) is 0 Å². The molecule has 2 heteroatoms. The van der Waals surface area contributed by atoms with Crippen molar-refractivity contribution in [3.8, 4) is 0 Å². The molecule has 0 aliphatic heterocycles. The van der Waals surface area contributed by atoms with Crippen molar-refractivity contribution in [2.24, 2.45) is 5.73 Å². The summed E-state index contributed by atoms with van der Waals surface area (Å²) in [6.07, 6.45) is 3.87. The Kier molecular flexibility index (Phi) is 2.88. The van der Waals surface area contributed by atoms with E-state index >= 15 is 0 Å². The second kappa shape index (κ2) is 4.32. The molecular weight excluding hydrogens is 184 g/mol. The number of rotatable bonds is 3. The van der Waals surface area contributed by atoms with E-state index in [1.54, 1.807) is 0 Å². The number of aromatic amines is 1. The molecule has 2 atom stereocenters. The maximum Gasteiger partial charge on any atom is 0.0376 e. The Morgan fingerprint density at radius 3 is 2.40 bits per heavy atom. The molecule has 0 amide bonds. The Bertz CT molecular complexity index is 392. The molecule has 0 spiro atoms. The van der Waals surface area contributed by atoms with Gasteiger partial charge in [-0.1, -0.05) is 37.3 Å². The molecule has 0 radical (unpaired) electrons. The lowest BCUT2D eigenvalue weighted by molar-refractivity contribution is 0.598. The van der Waals surface area contributed by atoms with E-state index in [9.17, 15) is 0 Å². The fourth-order valence-electron chi connectivity index (χ4n) is 1.80. The maximum atomic E-state index is 6.19. The summed E-state index contributed by atoms with van der Waals surface area (Å²) in [6.45, 7) is 2.16. The Labute approximate surface area is 90.1 Å². The van der Waals surface area contributed by atoms with E-state index in [0.29, 0.717) is 5.92 Å². The van der Waals surface area contributed by atoms with Crippen LogP contribution < -0.4 is 5.73 Å². The highest BCUT2D eigenvalue weighted by Crippen LogP contribution is 2.27. The van der Waals surface area contributed by atoms with E-state index in [4.69, 9.17) is 5.73 Å². The molecule has 0 saturated heterocycles. The lowest BCUT2D eigenvalue weighted by Crippen LogP contribution is -2.16. The van der Waals surface area contributed by atoms with Gasteiger partial charge in [0.05, 0.1) is 0 Å². The van der Waals surface area contributed by atoms with Crippen LogP contribution in [0.3, 0.4) is 0 Å². The molecule has 1 heterocycles. The number of benzene rings is 1. The van der Waals surface area contributed by atoms with Gasteiger partial charge in [0, 0.05) is 24.4 Å². The minimum absolute atomic E-state index is 0.0543. The van der Waals surface area contributed by atoms with Crippen molar-refractivity contribution in [3.63, 3.8) is 0 Å². The lowest BCUT2D eigenvalue weighted by atomic mass is 9.90. The zero-order valence-electron chi connectivity index (χ0n) is 8.85. The zero-order chi connectivity index (χ0) is 10.7. The molecule has 2 unspecified atom stereocenters. The minimum Gasteiger partial charge on any atom is -0.367 e. The van der Waals surface area contributed by atoms with Gasteiger partial charge < -0.3 is 10.7 Å². The number of nitrogens with two attached hydrogens (primary N) is 1. The van der Waals surface area contributed by atoms with E-state index in [0.717, 1.165) is 5.56 Å². The highest BCUT2D eigenvalue weighted by atomic mass is 14.7. The van der Waals surface area contributed by atoms with Gasteiger partial charge in [0.25, 0.3) is 0 Å². The van der Waals surface area contributed by atoms with Crippen molar-refractivity contribution >= 4 is 0 Å². The van der Waals surface area contributed by atoms with Crippen LogP contribution in [-0.2, 0) is 0 Å². The molecule has 15 heavy (non-hydrogen) atoms. The Morgan fingerprint density at radius 2 is 1.80 bits per heavy atom. The predicted octanol–water partition coefficient (Wildman–Crippen LogP) is 2.82. The zero-order valence-corrected chi connectivity index (χ0v) is 8.85. The van der Waals surface area contributed by atoms with E-state index in [-0.39, 0.29) is 6.04 Å². The van der Waals surface area contributed by atoms with Crippen molar-refractivity contribution in [3.05, 3.63) is 59.9 Å². The molecular formula is C13H16N2. The first-order valence-corrected chi connectivity index (χ1v) is 5.22. The average molecular weight is 200 g/mol. The summed E-state index contributed by atoms with van der Waals surface area (Å²) in [5.74, 6) is 0.335. The largest absolute Gasteiger partial charge is 0.367 e. The monoisotopic (exact) mass is 200 g/mol. The van der Waals surface area contributed by atoms with E-state index in [1.807, 2.05) is 24.5 Å². The molecule has 0 saturated carbocycles. The fourth-order valence-corrected chi connectivity index (χ4v) is 1.80. The molecule has 0 fully saturated rings. The van der Waals surface area contributed by atoms with Gasteiger partial charge in [-0.05, 0) is 17.2 Å². The molecule has 78 valence electrons. The number of hydrogen-bond donors (Lipinski definition) is 2. The summed E-state index contributed by atoms with van der Waals surface area (Å²) >= 11 is 0. The van der Waals surface area contributed by atoms with Crippen LogP contribution in [0.1, 0.15) is 30.0 Å². The quantitative estimate of drug-likeness (QED) is 0.786. The average Bonchev–Trinajstić information content (AvgIpc) is 2.82. The van der Waals surface area contributed by atoms with Crippen LogP contribution in [0.4, 0.5) is 0 Å². The van der Waals surface area contributed by atoms with E-state index < -0.39 is 0 Å². The Morgan fingerprint density at radius 1 is 1.07 bits per heavy atom. The third-order valence-corrected chi connectivity index (χ3v) is 2.87. The molecule has 0 aliphatic rings. The second-order valence-electron chi connectivity index (χ2n) is 3.87. The number of hydrogen-bond acceptors (Lipinski definition) is 1. The lowest BCUT2D eigenvalue weighted by Gasteiger charge is -2.19. The van der Waals surface area contributed by atoms with Gasteiger partial charge in [-0.15, -0.1) is 0 Å². The minimum atomic E-state index is 0.0543.